The van der Waals surface area contributed by atoms with E-state index >= 15 is 0 Å². The minimum atomic E-state index is -0.0520. The van der Waals surface area contributed by atoms with E-state index in [4.69, 9.17) is 4.42 Å². The van der Waals surface area contributed by atoms with Crippen molar-refractivity contribution < 1.29 is 9.21 Å². The first-order chi connectivity index (χ1) is 12.3. The third-order valence-electron chi connectivity index (χ3n) is 4.75. The number of fused-ring (bicyclic) bond motifs is 1. The molecule has 6 heteroatoms. The van der Waals surface area contributed by atoms with E-state index in [1.807, 2.05) is 30.3 Å². The van der Waals surface area contributed by atoms with Crippen molar-refractivity contribution in [2.75, 3.05) is 19.6 Å². The Kier molecular flexibility index (Phi) is 4.81. The van der Waals surface area contributed by atoms with E-state index in [0.717, 1.165) is 29.1 Å². The molecule has 0 radical (unpaired) electrons. The lowest BCUT2D eigenvalue weighted by Gasteiger charge is -2.33. The first kappa shape index (κ1) is 16.3. The highest BCUT2D eigenvalue weighted by Crippen LogP contribution is 2.25. The lowest BCUT2D eigenvalue weighted by atomic mass is 10.1. The number of piperidine rings is 1. The van der Waals surface area contributed by atoms with Gasteiger partial charge in [-0.2, -0.15) is 0 Å². The highest BCUT2D eigenvalue weighted by atomic mass is 32.1. The van der Waals surface area contributed by atoms with Crippen LogP contribution in [0, 0.1) is 0 Å². The van der Waals surface area contributed by atoms with Gasteiger partial charge in [-0.25, -0.2) is 4.98 Å². The van der Waals surface area contributed by atoms with Crippen molar-refractivity contribution in [2.45, 2.75) is 25.3 Å². The Morgan fingerprint density at radius 1 is 1.28 bits per heavy atom. The van der Waals surface area contributed by atoms with Crippen LogP contribution < -0.4 is 5.32 Å². The van der Waals surface area contributed by atoms with Crippen LogP contribution in [-0.2, 0) is 0 Å². The quantitative estimate of drug-likeness (QED) is 0.755. The van der Waals surface area contributed by atoms with Gasteiger partial charge in [0, 0.05) is 12.1 Å². The van der Waals surface area contributed by atoms with Gasteiger partial charge in [-0.05, 0) is 56.3 Å². The third-order valence-corrected chi connectivity index (χ3v) is 5.54. The molecule has 2 aromatic heterocycles. The number of likely N-dealkylation sites (tertiary alicyclic amines) is 1. The summed E-state index contributed by atoms with van der Waals surface area (Å²) in [5.41, 5.74) is 3.41. The zero-order valence-corrected chi connectivity index (χ0v) is 14.8. The van der Waals surface area contributed by atoms with E-state index in [-0.39, 0.29) is 11.9 Å². The summed E-state index contributed by atoms with van der Waals surface area (Å²) in [6, 6.07) is 9.63. The second-order valence-electron chi connectivity index (χ2n) is 6.37. The number of furan rings is 1. The van der Waals surface area contributed by atoms with Gasteiger partial charge in [-0.15, -0.1) is 11.3 Å². The summed E-state index contributed by atoms with van der Waals surface area (Å²) in [5, 5.41) is 3.09. The van der Waals surface area contributed by atoms with E-state index in [1.54, 1.807) is 23.1 Å². The van der Waals surface area contributed by atoms with Crippen molar-refractivity contribution in [3.63, 3.8) is 0 Å². The van der Waals surface area contributed by atoms with Crippen LogP contribution >= 0.6 is 11.3 Å². The van der Waals surface area contributed by atoms with Crippen LogP contribution in [0.1, 0.15) is 41.4 Å². The highest BCUT2D eigenvalue weighted by Gasteiger charge is 2.25. The number of carbonyl (C=O) groups excluding carboxylic acids is 1. The molecule has 1 atom stereocenters. The van der Waals surface area contributed by atoms with Gasteiger partial charge < -0.3 is 9.73 Å². The molecule has 1 amide bonds. The molecule has 0 bridgehead atoms. The molecule has 1 aliphatic heterocycles. The Balaban J connectivity index is 1.47. The molecule has 1 unspecified atom stereocenters. The number of hydrogen-bond donors (Lipinski definition) is 1. The first-order valence-electron chi connectivity index (χ1n) is 8.70. The predicted molar refractivity (Wildman–Crippen MR) is 98.8 cm³/mol. The SMILES string of the molecule is O=C(NCC(c1ccco1)N1CCCCC1)c1ccc2ncsc2c1. The fourth-order valence-corrected chi connectivity index (χ4v) is 4.12. The number of nitrogens with one attached hydrogen (secondary N) is 1. The number of nitrogens with zero attached hydrogens (tertiary/aromatic N) is 2. The van der Waals surface area contributed by atoms with E-state index < -0.39 is 0 Å². The predicted octanol–water partition coefficient (Wildman–Crippen LogP) is 3.85. The van der Waals surface area contributed by atoms with Crippen LogP contribution in [0.25, 0.3) is 10.2 Å². The number of amides is 1. The van der Waals surface area contributed by atoms with Crippen LogP contribution in [0.3, 0.4) is 0 Å². The Hall–Kier alpha value is -2.18. The molecule has 1 saturated heterocycles. The van der Waals surface area contributed by atoms with Gasteiger partial charge >= 0.3 is 0 Å². The third kappa shape index (κ3) is 3.60. The van der Waals surface area contributed by atoms with Gasteiger partial charge in [0.15, 0.2) is 0 Å². The first-order valence-corrected chi connectivity index (χ1v) is 9.58. The summed E-state index contributed by atoms with van der Waals surface area (Å²) in [6.45, 7) is 2.65. The average molecular weight is 355 g/mol. The van der Waals surface area contributed by atoms with Crippen molar-refractivity contribution in [3.8, 4) is 0 Å². The topological polar surface area (TPSA) is 58.4 Å². The molecule has 1 aliphatic rings. The summed E-state index contributed by atoms with van der Waals surface area (Å²) >= 11 is 1.55. The van der Waals surface area contributed by atoms with Crippen LogP contribution in [0.2, 0.25) is 0 Å². The number of rotatable bonds is 5. The van der Waals surface area contributed by atoms with Gasteiger partial charge in [-0.3, -0.25) is 9.69 Å². The molecule has 1 N–H and O–H groups in total. The Morgan fingerprint density at radius 2 is 2.16 bits per heavy atom. The summed E-state index contributed by atoms with van der Waals surface area (Å²) in [5.74, 6) is 0.865. The van der Waals surface area contributed by atoms with Crippen molar-refractivity contribution in [2.24, 2.45) is 0 Å². The molecule has 3 aromatic rings. The lowest BCUT2D eigenvalue weighted by Crippen LogP contribution is -2.40. The van der Waals surface area contributed by atoms with E-state index in [1.165, 1.54) is 19.3 Å². The fourth-order valence-electron chi connectivity index (χ4n) is 3.41. The largest absolute Gasteiger partial charge is 0.468 e. The summed E-state index contributed by atoms with van der Waals surface area (Å²) < 4.78 is 6.67. The molecule has 1 fully saturated rings. The van der Waals surface area contributed by atoms with Crippen LogP contribution in [-0.4, -0.2) is 35.4 Å². The van der Waals surface area contributed by atoms with Crippen molar-refractivity contribution in [1.82, 2.24) is 15.2 Å². The van der Waals surface area contributed by atoms with Crippen molar-refractivity contribution in [3.05, 3.63) is 53.4 Å². The second kappa shape index (κ2) is 7.37. The molecule has 3 heterocycles. The normalized spacial score (nSPS) is 16.8. The van der Waals surface area contributed by atoms with Gasteiger partial charge in [0.25, 0.3) is 5.91 Å². The zero-order chi connectivity index (χ0) is 17.1. The van der Waals surface area contributed by atoms with Gasteiger partial charge in [0.2, 0.25) is 0 Å². The van der Waals surface area contributed by atoms with Gasteiger partial charge in [0.1, 0.15) is 5.76 Å². The minimum Gasteiger partial charge on any atom is -0.468 e. The van der Waals surface area contributed by atoms with Crippen molar-refractivity contribution >= 4 is 27.5 Å². The van der Waals surface area contributed by atoms with E-state index in [9.17, 15) is 4.79 Å². The smallest absolute Gasteiger partial charge is 0.251 e. The maximum atomic E-state index is 12.6. The molecule has 0 saturated carbocycles. The van der Waals surface area contributed by atoms with Crippen LogP contribution in [0.5, 0.6) is 0 Å². The molecule has 130 valence electrons. The molecule has 1 aromatic carbocycles. The van der Waals surface area contributed by atoms with Gasteiger partial charge in [0.05, 0.1) is 28.0 Å². The van der Waals surface area contributed by atoms with E-state index in [2.05, 4.69) is 15.2 Å². The standard InChI is InChI=1S/C19H21N3O2S/c23-19(14-6-7-15-18(11-14)25-13-21-15)20-12-16(17-5-4-10-24-17)22-8-2-1-3-9-22/h4-7,10-11,13,16H,1-3,8-9,12H2,(H,20,23). The maximum absolute atomic E-state index is 12.6. The molecule has 25 heavy (non-hydrogen) atoms. The minimum absolute atomic E-state index is 0.0520. The van der Waals surface area contributed by atoms with E-state index in [0.29, 0.717) is 12.1 Å². The maximum Gasteiger partial charge on any atom is 0.251 e. The summed E-state index contributed by atoms with van der Waals surface area (Å²) in [7, 11) is 0. The number of carbonyl (C=O) groups is 1. The van der Waals surface area contributed by atoms with Crippen molar-refractivity contribution in [1.29, 1.82) is 0 Å². The number of aromatic nitrogens is 1. The highest BCUT2D eigenvalue weighted by molar-refractivity contribution is 7.16. The molecule has 4 rings (SSSR count). The Labute approximate surface area is 150 Å². The Bertz CT molecular complexity index is 837. The van der Waals surface area contributed by atoms with Gasteiger partial charge in [-0.1, -0.05) is 6.42 Å². The molecular weight excluding hydrogens is 334 g/mol. The Morgan fingerprint density at radius 3 is 2.96 bits per heavy atom. The molecule has 5 nitrogen and oxygen atoms in total. The number of hydrogen-bond acceptors (Lipinski definition) is 5. The second-order valence-corrected chi connectivity index (χ2v) is 7.26. The summed E-state index contributed by atoms with van der Waals surface area (Å²) in [4.78, 5) is 19.3. The molecule has 0 aliphatic carbocycles. The summed E-state index contributed by atoms with van der Waals surface area (Å²) in [6.07, 6.45) is 5.38. The zero-order valence-electron chi connectivity index (χ0n) is 14.0. The lowest BCUT2D eigenvalue weighted by molar-refractivity contribution is 0.0914. The van der Waals surface area contributed by atoms with Crippen LogP contribution in [0.4, 0.5) is 0 Å². The van der Waals surface area contributed by atoms with Crippen LogP contribution in [0.15, 0.2) is 46.5 Å². The average Bonchev–Trinajstić information content (AvgIpc) is 3.34. The number of benzene rings is 1. The number of thiazole rings is 1. The molecular formula is C19H21N3O2S. The monoisotopic (exact) mass is 355 g/mol. The fraction of sp³-hybridized carbons (Fsp3) is 0.368. The molecule has 0 spiro atoms.